The largest absolute Gasteiger partial charge is 0.467 e. The highest BCUT2D eigenvalue weighted by atomic mass is 16.5. The van der Waals surface area contributed by atoms with Gasteiger partial charge in [0, 0.05) is 31.0 Å². The molecule has 26 heavy (non-hydrogen) atoms. The van der Waals surface area contributed by atoms with Crippen LogP contribution in [0.4, 0.5) is 0 Å². The van der Waals surface area contributed by atoms with E-state index >= 15 is 0 Å². The molecule has 1 amide bonds. The van der Waals surface area contributed by atoms with Crippen molar-refractivity contribution in [3.63, 3.8) is 0 Å². The zero-order valence-corrected chi connectivity index (χ0v) is 14.6. The number of aromatic nitrogens is 2. The van der Waals surface area contributed by atoms with Gasteiger partial charge in [-0.05, 0) is 31.2 Å². The van der Waals surface area contributed by atoms with E-state index in [-0.39, 0.29) is 25.0 Å². The summed E-state index contributed by atoms with van der Waals surface area (Å²) in [6.07, 6.45) is 3.00. The number of rotatable bonds is 8. The van der Waals surface area contributed by atoms with E-state index in [1.54, 1.807) is 4.57 Å². The first-order chi connectivity index (χ1) is 12.7. The summed E-state index contributed by atoms with van der Waals surface area (Å²) in [7, 11) is 0. The zero-order chi connectivity index (χ0) is 18.4. The van der Waals surface area contributed by atoms with E-state index in [1.807, 2.05) is 30.3 Å². The van der Waals surface area contributed by atoms with E-state index in [4.69, 9.17) is 9.84 Å². The van der Waals surface area contributed by atoms with Crippen LogP contribution in [-0.4, -0.2) is 33.8 Å². The summed E-state index contributed by atoms with van der Waals surface area (Å²) in [6, 6.07) is 9.61. The second-order valence-electron chi connectivity index (χ2n) is 6.26. The molecule has 0 bridgehead atoms. The van der Waals surface area contributed by atoms with Crippen molar-refractivity contribution in [1.82, 2.24) is 14.9 Å². The Morgan fingerprint density at radius 2 is 2.08 bits per heavy atom. The van der Waals surface area contributed by atoms with Gasteiger partial charge in [-0.1, -0.05) is 30.3 Å². The first-order valence-electron chi connectivity index (χ1n) is 8.86. The molecule has 1 aromatic carbocycles. The summed E-state index contributed by atoms with van der Waals surface area (Å²) in [5, 5.41) is 11.8. The number of fused-ring (bicyclic) bond motifs is 1. The molecule has 0 atom stereocenters. The number of benzene rings is 1. The van der Waals surface area contributed by atoms with Crippen molar-refractivity contribution in [2.45, 2.75) is 38.8 Å². The number of nitrogens with zero attached hydrogens (tertiary/aromatic N) is 2. The van der Waals surface area contributed by atoms with Crippen molar-refractivity contribution < 1.29 is 14.6 Å². The van der Waals surface area contributed by atoms with E-state index in [2.05, 4.69) is 10.3 Å². The molecule has 0 unspecified atom stereocenters. The first-order valence-corrected chi connectivity index (χ1v) is 8.86. The predicted octanol–water partition coefficient (Wildman–Crippen LogP) is 0.810. The Hall–Kier alpha value is -2.67. The number of aliphatic hydroxyl groups excluding tert-OH is 1. The summed E-state index contributed by atoms with van der Waals surface area (Å²) in [5.41, 5.74) is 2.43. The van der Waals surface area contributed by atoms with E-state index < -0.39 is 5.69 Å². The molecule has 3 rings (SSSR count). The Morgan fingerprint density at radius 1 is 1.27 bits per heavy atom. The lowest BCUT2D eigenvalue weighted by Crippen LogP contribution is -2.31. The number of hydrogen-bond acceptors (Lipinski definition) is 5. The molecule has 0 saturated carbocycles. The van der Waals surface area contributed by atoms with Gasteiger partial charge < -0.3 is 15.2 Å². The monoisotopic (exact) mass is 357 g/mol. The minimum absolute atomic E-state index is 0.0288. The highest BCUT2D eigenvalue weighted by Crippen LogP contribution is 2.27. The van der Waals surface area contributed by atoms with Gasteiger partial charge in [0.1, 0.15) is 0 Å². The molecular weight excluding hydrogens is 334 g/mol. The van der Waals surface area contributed by atoms with Gasteiger partial charge in [-0.3, -0.25) is 9.36 Å². The number of aliphatic hydroxyl groups is 1. The van der Waals surface area contributed by atoms with E-state index in [1.165, 1.54) is 0 Å². The second-order valence-corrected chi connectivity index (χ2v) is 6.26. The van der Waals surface area contributed by atoms with Crippen LogP contribution in [0.1, 0.15) is 29.7 Å². The maximum Gasteiger partial charge on any atom is 0.351 e. The minimum Gasteiger partial charge on any atom is -0.467 e. The maximum absolute atomic E-state index is 12.3. The van der Waals surface area contributed by atoms with Crippen molar-refractivity contribution in [3.05, 3.63) is 57.6 Å². The Balaban J connectivity index is 1.63. The van der Waals surface area contributed by atoms with Crippen LogP contribution in [0.3, 0.4) is 0 Å². The lowest BCUT2D eigenvalue weighted by molar-refractivity contribution is -0.123. The number of amides is 1. The first kappa shape index (κ1) is 18.1. The zero-order valence-electron chi connectivity index (χ0n) is 14.6. The smallest absolute Gasteiger partial charge is 0.351 e. The summed E-state index contributed by atoms with van der Waals surface area (Å²) in [6.45, 7) is 0.729. The van der Waals surface area contributed by atoms with Gasteiger partial charge in [-0.15, -0.1) is 0 Å². The summed E-state index contributed by atoms with van der Waals surface area (Å²) in [5.74, 6) is 0.00414. The molecule has 1 aliphatic rings. The predicted molar refractivity (Wildman–Crippen MR) is 96.0 cm³/mol. The third kappa shape index (κ3) is 4.29. The molecule has 0 radical (unpaired) electrons. The minimum atomic E-state index is -0.390. The molecule has 2 N–H and O–H groups in total. The fourth-order valence-electron chi connectivity index (χ4n) is 3.15. The fourth-order valence-corrected chi connectivity index (χ4v) is 3.15. The maximum atomic E-state index is 12.3. The molecular formula is C19H23N3O4. The van der Waals surface area contributed by atoms with Crippen LogP contribution in [0.2, 0.25) is 0 Å². The molecule has 7 nitrogen and oxygen atoms in total. The normalized spacial score (nSPS) is 12.7. The van der Waals surface area contributed by atoms with Crippen molar-refractivity contribution in [2.24, 2.45) is 0 Å². The van der Waals surface area contributed by atoms with Gasteiger partial charge in [0.15, 0.2) is 6.61 Å². The number of nitrogens with one attached hydrogen (secondary N) is 1. The molecule has 138 valence electrons. The Labute approximate surface area is 151 Å². The van der Waals surface area contributed by atoms with E-state index in [0.29, 0.717) is 19.5 Å². The summed E-state index contributed by atoms with van der Waals surface area (Å²) < 4.78 is 7.17. The highest BCUT2D eigenvalue weighted by Gasteiger charge is 2.23. The molecule has 7 heteroatoms. The Morgan fingerprint density at radius 3 is 2.85 bits per heavy atom. The molecule has 0 saturated heterocycles. The van der Waals surface area contributed by atoms with Crippen LogP contribution >= 0.6 is 0 Å². The quantitative estimate of drug-likeness (QED) is 0.729. The van der Waals surface area contributed by atoms with Crippen LogP contribution in [0, 0.1) is 0 Å². The van der Waals surface area contributed by atoms with Crippen LogP contribution in [0.15, 0.2) is 35.1 Å². The van der Waals surface area contributed by atoms with Crippen LogP contribution in [-0.2, 0) is 30.7 Å². The lowest BCUT2D eigenvalue weighted by Gasteiger charge is -2.14. The SMILES string of the molecule is O=C(COc1nc(=O)n(CCCO)c2c1CCC2)NCc1ccccc1. The van der Waals surface area contributed by atoms with E-state index in [9.17, 15) is 9.59 Å². The van der Waals surface area contributed by atoms with Crippen molar-refractivity contribution >= 4 is 5.91 Å². The molecule has 1 aromatic heterocycles. The lowest BCUT2D eigenvalue weighted by atomic mass is 10.2. The van der Waals surface area contributed by atoms with Gasteiger partial charge >= 0.3 is 5.69 Å². The molecule has 0 fully saturated rings. The van der Waals surface area contributed by atoms with Crippen LogP contribution in [0.25, 0.3) is 0 Å². The number of hydrogen-bond donors (Lipinski definition) is 2. The van der Waals surface area contributed by atoms with Crippen molar-refractivity contribution in [2.75, 3.05) is 13.2 Å². The number of carbonyl (C=O) groups is 1. The molecule has 0 aliphatic heterocycles. The third-order valence-corrected chi connectivity index (χ3v) is 4.41. The van der Waals surface area contributed by atoms with Crippen molar-refractivity contribution in [3.8, 4) is 5.88 Å². The highest BCUT2D eigenvalue weighted by molar-refractivity contribution is 5.77. The fraction of sp³-hybridized carbons (Fsp3) is 0.421. The summed E-state index contributed by atoms with van der Waals surface area (Å²) >= 11 is 0. The molecule has 0 spiro atoms. The summed E-state index contributed by atoms with van der Waals surface area (Å²) in [4.78, 5) is 28.3. The molecule has 1 aliphatic carbocycles. The van der Waals surface area contributed by atoms with Crippen LogP contribution < -0.4 is 15.7 Å². The molecule has 1 heterocycles. The topological polar surface area (TPSA) is 93.5 Å². The third-order valence-electron chi connectivity index (χ3n) is 4.41. The standard InChI is InChI=1S/C19H23N3O4/c23-11-5-10-22-16-9-4-8-15(16)18(21-19(22)25)26-13-17(24)20-12-14-6-2-1-3-7-14/h1-3,6-7,23H,4-5,8-13H2,(H,20,24). The number of ether oxygens (including phenoxy) is 1. The Kier molecular flexibility index (Phi) is 6.01. The second kappa shape index (κ2) is 8.62. The van der Waals surface area contributed by atoms with E-state index in [0.717, 1.165) is 36.1 Å². The van der Waals surface area contributed by atoms with Gasteiger partial charge in [0.2, 0.25) is 5.88 Å². The van der Waals surface area contributed by atoms with Gasteiger partial charge in [-0.2, -0.15) is 4.98 Å². The van der Waals surface area contributed by atoms with Gasteiger partial charge in [-0.25, -0.2) is 4.79 Å². The Bertz CT molecular complexity index is 818. The van der Waals surface area contributed by atoms with Crippen molar-refractivity contribution in [1.29, 1.82) is 0 Å². The number of carbonyl (C=O) groups excluding carboxylic acids is 1. The van der Waals surface area contributed by atoms with Crippen LogP contribution in [0.5, 0.6) is 5.88 Å². The van der Waals surface area contributed by atoms with Gasteiger partial charge in [0.05, 0.1) is 0 Å². The average Bonchev–Trinajstić information content (AvgIpc) is 3.14. The average molecular weight is 357 g/mol. The molecule has 2 aromatic rings. The van der Waals surface area contributed by atoms with Gasteiger partial charge in [0.25, 0.3) is 5.91 Å².